The second-order valence-corrected chi connectivity index (χ2v) is 5.50. The Hall–Kier alpha value is -3.21. The Kier molecular flexibility index (Phi) is 3.67. The summed E-state index contributed by atoms with van der Waals surface area (Å²) in [5.41, 5.74) is 3.58. The van der Waals surface area contributed by atoms with E-state index in [-0.39, 0.29) is 5.82 Å². The van der Waals surface area contributed by atoms with Gasteiger partial charge in [0.05, 0.1) is 23.6 Å². The molecular weight excluding hydrogens is 303 g/mol. The maximum atomic E-state index is 13.3. The molecule has 4 rings (SSSR count). The standard InChI is InChI=1S/C19H15FN4/c20-16-7-4-8-18(13-16)24-12-9-17(21-24)14-23-11-10-19(22-23)15-5-2-1-3-6-15/h1-13H,14H2. The summed E-state index contributed by atoms with van der Waals surface area (Å²) < 4.78 is 16.8. The van der Waals surface area contributed by atoms with E-state index in [0.29, 0.717) is 12.2 Å². The van der Waals surface area contributed by atoms with E-state index in [1.54, 1.807) is 10.7 Å². The van der Waals surface area contributed by atoms with Gasteiger partial charge in [-0.1, -0.05) is 36.4 Å². The number of rotatable bonds is 4. The topological polar surface area (TPSA) is 35.6 Å². The van der Waals surface area contributed by atoms with Crippen LogP contribution in [0.4, 0.5) is 4.39 Å². The minimum absolute atomic E-state index is 0.274. The molecule has 0 aliphatic heterocycles. The summed E-state index contributed by atoms with van der Waals surface area (Å²) in [5.74, 6) is -0.274. The molecule has 0 saturated heterocycles. The molecule has 0 N–H and O–H groups in total. The van der Waals surface area contributed by atoms with Gasteiger partial charge >= 0.3 is 0 Å². The Bertz CT molecular complexity index is 956. The number of hydrogen-bond acceptors (Lipinski definition) is 2. The van der Waals surface area contributed by atoms with E-state index >= 15 is 0 Å². The van der Waals surface area contributed by atoms with Crippen LogP contribution in [0.2, 0.25) is 0 Å². The molecule has 2 heterocycles. The third kappa shape index (κ3) is 2.96. The minimum atomic E-state index is -0.274. The lowest BCUT2D eigenvalue weighted by atomic mass is 10.2. The predicted octanol–water partition coefficient (Wildman–Crippen LogP) is 3.92. The highest BCUT2D eigenvalue weighted by Gasteiger charge is 2.06. The lowest BCUT2D eigenvalue weighted by Crippen LogP contribution is -2.03. The third-order valence-corrected chi connectivity index (χ3v) is 3.75. The maximum absolute atomic E-state index is 13.3. The molecule has 2 aromatic carbocycles. The Labute approximate surface area is 138 Å². The van der Waals surface area contributed by atoms with E-state index in [1.165, 1.54) is 12.1 Å². The third-order valence-electron chi connectivity index (χ3n) is 3.75. The summed E-state index contributed by atoms with van der Waals surface area (Å²) in [6, 6.07) is 20.3. The van der Waals surface area contributed by atoms with Crippen molar-refractivity contribution in [1.29, 1.82) is 0 Å². The number of hydrogen-bond donors (Lipinski definition) is 0. The van der Waals surface area contributed by atoms with Gasteiger partial charge in [-0.25, -0.2) is 9.07 Å². The highest BCUT2D eigenvalue weighted by Crippen LogP contribution is 2.16. The number of benzene rings is 2. The van der Waals surface area contributed by atoms with Crippen LogP contribution in [-0.4, -0.2) is 19.6 Å². The quantitative estimate of drug-likeness (QED) is 0.572. The van der Waals surface area contributed by atoms with Gasteiger partial charge in [-0.15, -0.1) is 0 Å². The van der Waals surface area contributed by atoms with E-state index in [4.69, 9.17) is 0 Å². The first-order chi connectivity index (χ1) is 11.8. The zero-order valence-corrected chi connectivity index (χ0v) is 12.9. The average molecular weight is 318 g/mol. The molecule has 0 spiro atoms. The number of aromatic nitrogens is 4. The molecule has 0 atom stereocenters. The van der Waals surface area contributed by atoms with E-state index in [1.807, 2.05) is 65.6 Å². The molecule has 24 heavy (non-hydrogen) atoms. The largest absolute Gasteiger partial charge is 0.266 e. The van der Waals surface area contributed by atoms with Crippen molar-refractivity contribution in [3.63, 3.8) is 0 Å². The molecular formula is C19H15FN4. The van der Waals surface area contributed by atoms with Gasteiger partial charge in [0.2, 0.25) is 0 Å². The fourth-order valence-corrected chi connectivity index (χ4v) is 2.59. The van der Waals surface area contributed by atoms with E-state index in [2.05, 4.69) is 10.2 Å². The first kappa shape index (κ1) is 14.4. The van der Waals surface area contributed by atoms with Crippen LogP contribution >= 0.6 is 0 Å². The molecule has 0 aliphatic rings. The van der Waals surface area contributed by atoms with Gasteiger partial charge in [-0.2, -0.15) is 10.2 Å². The predicted molar refractivity (Wildman–Crippen MR) is 90.3 cm³/mol. The highest BCUT2D eigenvalue weighted by atomic mass is 19.1. The van der Waals surface area contributed by atoms with Crippen molar-refractivity contribution in [3.8, 4) is 16.9 Å². The van der Waals surface area contributed by atoms with Crippen molar-refractivity contribution in [1.82, 2.24) is 19.6 Å². The van der Waals surface area contributed by atoms with Crippen molar-refractivity contribution < 1.29 is 4.39 Å². The zero-order chi connectivity index (χ0) is 16.4. The molecule has 0 saturated carbocycles. The van der Waals surface area contributed by atoms with Gasteiger partial charge in [-0.3, -0.25) is 4.68 Å². The van der Waals surface area contributed by atoms with E-state index in [0.717, 1.165) is 17.0 Å². The van der Waals surface area contributed by atoms with Gasteiger partial charge in [0.15, 0.2) is 0 Å². The Morgan fingerprint density at radius 2 is 1.71 bits per heavy atom. The van der Waals surface area contributed by atoms with Gasteiger partial charge in [-0.05, 0) is 30.3 Å². The monoisotopic (exact) mass is 318 g/mol. The Morgan fingerprint density at radius 3 is 2.54 bits per heavy atom. The van der Waals surface area contributed by atoms with Crippen molar-refractivity contribution in [2.75, 3.05) is 0 Å². The summed E-state index contributed by atoms with van der Waals surface area (Å²) in [6.07, 6.45) is 3.76. The second-order valence-electron chi connectivity index (χ2n) is 5.50. The van der Waals surface area contributed by atoms with Crippen LogP contribution in [0.1, 0.15) is 5.69 Å². The first-order valence-corrected chi connectivity index (χ1v) is 7.67. The van der Waals surface area contributed by atoms with Crippen LogP contribution in [0.3, 0.4) is 0 Å². The van der Waals surface area contributed by atoms with Gasteiger partial charge in [0.1, 0.15) is 5.82 Å². The van der Waals surface area contributed by atoms with Gasteiger partial charge < -0.3 is 0 Å². The van der Waals surface area contributed by atoms with Crippen LogP contribution in [-0.2, 0) is 6.54 Å². The lowest BCUT2D eigenvalue weighted by Gasteiger charge is -2.01. The second kappa shape index (κ2) is 6.12. The Balaban J connectivity index is 1.54. The van der Waals surface area contributed by atoms with E-state index < -0.39 is 0 Å². The summed E-state index contributed by atoms with van der Waals surface area (Å²) in [4.78, 5) is 0. The van der Waals surface area contributed by atoms with Gasteiger partial charge in [0.25, 0.3) is 0 Å². The van der Waals surface area contributed by atoms with E-state index in [9.17, 15) is 4.39 Å². The number of halogens is 1. The SMILES string of the molecule is Fc1cccc(-n2ccc(Cn3ccc(-c4ccccc4)n3)n2)c1. The molecule has 5 heteroatoms. The summed E-state index contributed by atoms with van der Waals surface area (Å²) >= 11 is 0. The van der Waals surface area contributed by atoms with Crippen molar-refractivity contribution in [2.24, 2.45) is 0 Å². The molecule has 0 fully saturated rings. The first-order valence-electron chi connectivity index (χ1n) is 7.67. The van der Waals surface area contributed by atoms with Crippen LogP contribution in [0, 0.1) is 5.82 Å². The number of nitrogens with zero attached hydrogens (tertiary/aromatic N) is 4. The Morgan fingerprint density at radius 1 is 0.833 bits per heavy atom. The minimum Gasteiger partial charge on any atom is -0.266 e. The average Bonchev–Trinajstić information content (AvgIpc) is 3.26. The molecule has 0 bridgehead atoms. The zero-order valence-electron chi connectivity index (χ0n) is 12.9. The summed E-state index contributed by atoms with van der Waals surface area (Å²) in [6.45, 7) is 0.565. The van der Waals surface area contributed by atoms with Crippen molar-refractivity contribution in [3.05, 3.63) is 90.6 Å². The molecule has 4 aromatic rings. The summed E-state index contributed by atoms with van der Waals surface area (Å²) in [5, 5.41) is 9.07. The molecule has 0 unspecified atom stereocenters. The molecule has 4 nitrogen and oxygen atoms in total. The fourth-order valence-electron chi connectivity index (χ4n) is 2.59. The van der Waals surface area contributed by atoms with Crippen LogP contribution in [0.5, 0.6) is 0 Å². The molecule has 0 amide bonds. The molecule has 118 valence electrons. The fraction of sp³-hybridized carbons (Fsp3) is 0.0526. The highest BCUT2D eigenvalue weighted by molar-refractivity contribution is 5.58. The van der Waals surface area contributed by atoms with Crippen molar-refractivity contribution in [2.45, 2.75) is 6.54 Å². The molecule has 2 aromatic heterocycles. The molecule has 0 radical (unpaired) electrons. The van der Waals surface area contributed by atoms with Crippen LogP contribution in [0.25, 0.3) is 16.9 Å². The maximum Gasteiger partial charge on any atom is 0.125 e. The smallest absolute Gasteiger partial charge is 0.125 e. The lowest BCUT2D eigenvalue weighted by molar-refractivity contribution is 0.624. The summed E-state index contributed by atoms with van der Waals surface area (Å²) in [7, 11) is 0. The van der Waals surface area contributed by atoms with Crippen LogP contribution < -0.4 is 0 Å². The van der Waals surface area contributed by atoms with Crippen LogP contribution in [0.15, 0.2) is 79.1 Å². The van der Waals surface area contributed by atoms with Gasteiger partial charge in [0, 0.05) is 18.0 Å². The normalized spacial score (nSPS) is 10.9. The van der Waals surface area contributed by atoms with Crippen molar-refractivity contribution >= 4 is 0 Å². The molecule has 0 aliphatic carbocycles.